The van der Waals surface area contributed by atoms with Crippen molar-refractivity contribution in [2.45, 2.75) is 75.3 Å². The first-order valence-corrected chi connectivity index (χ1v) is 9.61. The van der Waals surface area contributed by atoms with Crippen LogP contribution < -0.4 is 0 Å². The van der Waals surface area contributed by atoms with Crippen LogP contribution in [0.3, 0.4) is 0 Å². The fourth-order valence-electron chi connectivity index (χ4n) is 5.08. The summed E-state index contributed by atoms with van der Waals surface area (Å²) < 4.78 is 39.8. The van der Waals surface area contributed by atoms with E-state index in [1.165, 1.54) is 6.20 Å². The molecule has 0 radical (unpaired) electrons. The van der Waals surface area contributed by atoms with Gasteiger partial charge in [-0.05, 0) is 19.8 Å². The number of halogens is 2. The van der Waals surface area contributed by atoms with Crippen molar-refractivity contribution in [3.8, 4) is 0 Å². The predicted molar refractivity (Wildman–Crippen MR) is 90.3 cm³/mol. The number of nitro groups is 1. The molecule has 3 fully saturated rings. The van der Waals surface area contributed by atoms with Gasteiger partial charge in [0.25, 0.3) is 0 Å². The number of nitrogens with zero attached hydrogens (tertiary/aromatic N) is 2. The van der Waals surface area contributed by atoms with Crippen LogP contribution in [0.2, 0.25) is 0 Å². The molecule has 8 unspecified atom stereocenters. The van der Waals surface area contributed by atoms with E-state index in [1.807, 2.05) is 0 Å². The second kappa shape index (κ2) is 7.06. The molecule has 0 amide bonds. The lowest BCUT2D eigenvalue weighted by Crippen LogP contribution is -2.70. The summed E-state index contributed by atoms with van der Waals surface area (Å²) >= 11 is 0. The largest absolute Gasteiger partial charge is 0.462 e. The standard InChI is InChI=1S/C18H22F2N2O6/c1-2-27-18(24)10-7-21-12-4-3-8(22(25)26)5-13(12)28-17-14(20)11(19)6-9(15(17)21)16(10)23/h7-9,11-15,17H,2-6H2,1H3. The number of morpholine rings is 1. The van der Waals surface area contributed by atoms with Gasteiger partial charge in [0.1, 0.15) is 17.8 Å². The minimum Gasteiger partial charge on any atom is -0.462 e. The number of alkyl halides is 2. The monoisotopic (exact) mass is 400 g/mol. The summed E-state index contributed by atoms with van der Waals surface area (Å²) in [4.78, 5) is 37.6. The van der Waals surface area contributed by atoms with Crippen LogP contribution in [-0.4, -0.2) is 70.9 Å². The Kier molecular flexibility index (Phi) is 4.84. The molecule has 28 heavy (non-hydrogen) atoms. The molecule has 2 aliphatic heterocycles. The number of hydrogen-bond donors (Lipinski definition) is 0. The fourth-order valence-corrected chi connectivity index (χ4v) is 5.08. The Balaban J connectivity index is 1.72. The van der Waals surface area contributed by atoms with Gasteiger partial charge in [-0.15, -0.1) is 0 Å². The molecule has 4 aliphatic rings. The third kappa shape index (κ3) is 2.89. The summed E-state index contributed by atoms with van der Waals surface area (Å²) in [7, 11) is 0. The molecule has 2 aliphatic carbocycles. The van der Waals surface area contributed by atoms with Crippen molar-refractivity contribution < 1.29 is 32.8 Å². The van der Waals surface area contributed by atoms with E-state index in [9.17, 15) is 28.5 Å². The van der Waals surface area contributed by atoms with Gasteiger partial charge < -0.3 is 14.4 Å². The van der Waals surface area contributed by atoms with Crippen molar-refractivity contribution >= 4 is 11.8 Å². The summed E-state index contributed by atoms with van der Waals surface area (Å²) in [5, 5.41) is 11.2. The Bertz CT molecular complexity index is 731. The molecule has 0 aromatic carbocycles. The van der Waals surface area contributed by atoms with Gasteiger partial charge in [-0.1, -0.05) is 0 Å². The summed E-state index contributed by atoms with van der Waals surface area (Å²) in [6.45, 7) is 1.69. The molecular formula is C18H22F2N2O6. The van der Waals surface area contributed by atoms with Crippen LogP contribution in [0.25, 0.3) is 0 Å². The molecule has 2 saturated carbocycles. The van der Waals surface area contributed by atoms with E-state index in [2.05, 4.69) is 0 Å². The lowest BCUT2D eigenvalue weighted by molar-refractivity contribution is -0.530. The minimum atomic E-state index is -1.92. The lowest BCUT2D eigenvalue weighted by Gasteiger charge is -2.57. The van der Waals surface area contributed by atoms with Crippen LogP contribution >= 0.6 is 0 Å². The molecule has 154 valence electrons. The zero-order valence-electron chi connectivity index (χ0n) is 15.3. The van der Waals surface area contributed by atoms with Crippen molar-refractivity contribution in [1.82, 2.24) is 4.90 Å². The summed E-state index contributed by atoms with van der Waals surface area (Å²) in [5.41, 5.74) is -0.177. The maximum absolute atomic E-state index is 14.7. The zero-order chi connectivity index (χ0) is 20.2. The highest BCUT2D eigenvalue weighted by Gasteiger charge is 2.60. The lowest BCUT2D eigenvalue weighted by atomic mass is 9.70. The quantitative estimate of drug-likeness (QED) is 0.305. The van der Waals surface area contributed by atoms with Gasteiger partial charge in [0.15, 0.2) is 12.0 Å². The smallest absolute Gasteiger partial charge is 0.343 e. The summed E-state index contributed by atoms with van der Waals surface area (Å²) in [5.74, 6) is -2.26. The topological polar surface area (TPSA) is 99.0 Å². The van der Waals surface area contributed by atoms with Gasteiger partial charge in [0.05, 0.1) is 24.8 Å². The average molecular weight is 400 g/mol. The Labute approximate surface area is 160 Å². The molecule has 1 saturated heterocycles. The molecule has 0 bridgehead atoms. The third-order valence-electron chi connectivity index (χ3n) is 6.35. The van der Waals surface area contributed by atoms with Crippen LogP contribution in [-0.2, 0) is 19.1 Å². The number of esters is 1. The Morgan fingerprint density at radius 2 is 2.14 bits per heavy atom. The maximum Gasteiger partial charge on any atom is 0.343 e. The van der Waals surface area contributed by atoms with Crippen LogP contribution in [0, 0.1) is 16.0 Å². The number of fused-ring (bicyclic) bond motifs is 2. The van der Waals surface area contributed by atoms with Gasteiger partial charge >= 0.3 is 5.97 Å². The van der Waals surface area contributed by atoms with Crippen LogP contribution in [0.1, 0.15) is 32.6 Å². The van der Waals surface area contributed by atoms with Gasteiger partial charge in [0.2, 0.25) is 6.04 Å². The number of hydrogen-bond acceptors (Lipinski definition) is 7. The second-order valence-electron chi connectivity index (χ2n) is 7.83. The molecule has 0 spiro atoms. The molecule has 0 N–H and O–H groups in total. The molecule has 0 aromatic rings. The van der Waals surface area contributed by atoms with E-state index in [1.54, 1.807) is 11.8 Å². The highest BCUT2D eigenvalue weighted by Crippen LogP contribution is 2.46. The van der Waals surface area contributed by atoms with Gasteiger partial charge in [-0.2, -0.15) is 0 Å². The molecule has 8 nitrogen and oxygen atoms in total. The molecular weight excluding hydrogens is 378 g/mol. The zero-order valence-corrected chi connectivity index (χ0v) is 15.3. The molecule has 2 heterocycles. The molecule has 10 heteroatoms. The minimum absolute atomic E-state index is 0.0815. The van der Waals surface area contributed by atoms with Gasteiger partial charge in [-0.3, -0.25) is 14.9 Å². The number of carbonyl (C=O) groups excluding carboxylic acids is 2. The molecule has 8 atom stereocenters. The normalized spacial score (nSPS) is 42.2. The first-order chi connectivity index (χ1) is 13.3. The summed E-state index contributed by atoms with van der Waals surface area (Å²) in [6.07, 6.45) is -3.83. The summed E-state index contributed by atoms with van der Waals surface area (Å²) in [6, 6.07) is -1.86. The fraction of sp³-hybridized carbons (Fsp3) is 0.778. The first-order valence-electron chi connectivity index (χ1n) is 9.61. The van der Waals surface area contributed by atoms with E-state index in [0.717, 1.165) is 0 Å². The van der Waals surface area contributed by atoms with E-state index in [0.29, 0.717) is 12.8 Å². The third-order valence-corrected chi connectivity index (χ3v) is 6.35. The van der Waals surface area contributed by atoms with Crippen LogP contribution in [0.4, 0.5) is 8.78 Å². The second-order valence-corrected chi connectivity index (χ2v) is 7.83. The van der Waals surface area contributed by atoms with E-state index < -0.39 is 54.3 Å². The van der Waals surface area contributed by atoms with E-state index in [4.69, 9.17) is 9.47 Å². The number of Topliss-reactive ketones (excluding diaryl/α,β-unsaturated/α-hetero) is 1. The van der Waals surface area contributed by atoms with Gasteiger partial charge in [-0.25, -0.2) is 13.6 Å². The number of rotatable bonds is 3. The average Bonchev–Trinajstić information content (AvgIpc) is 2.67. The van der Waals surface area contributed by atoms with E-state index >= 15 is 0 Å². The number of ketones is 1. The van der Waals surface area contributed by atoms with Crippen LogP contribution in [0.15, 0.2) is 11.8 Å². The maximum atomic E-state index is 14.7. The van der Waals surface area contributed by atoms with Crippen molar-refractivity contribution in [2.75, 3.05) is 6.61 Å². The highest BCUT2D eigenvalue weighted by atomic mass is 19.2. The van der Waals surface area contributed by atoms with Gasteiger partial charge in [0, 0.05) is 29.9 Å². The Morgan fingerprint density at radius 3 is 2.82 bits per heavy atom. The van der Waals surface area contributed by atoms with Crippen molar-refractivity contribution in [1.29, 1.82) is 0 Å². The number of carbonyl (C=O) groups is 2. The first kappa shape index (κ1) is 19.2. The van der Waals surface area contributed by atoms with Crippen molar-refractivity contribution in [3.63, 3.8) is 0 Å². The number of ether oxygens (including phenoxy) is 2. The Morgan fingerprint density at radius 1 is 1.39 bits per heavy atom. The van der Waals surface area contributed by atoms with Crippen molar-refractivity contribution in [2.24, 2.45) is 5.92 Å². The highest BCUT2D eigenvalue weighted by molar-refractivity contribution is 6.18. The van der Waals surface area contributed by atoms with Crippen LogP contribution in [0.5, 0.6) is 0 Å². The SMILES string of the molecule is CCOC(=O)C1=CN2C3CCC([N+](=O)[O-])CC3OC3C(F)C(F)CC(C1=O)C32. The van der Waals surface area contributed by atoms with Crippen molar-refractivity contribution in [3.05, 3.63) is 21.9 Å². The predicted octanol–water partition coefficient (Wildman–Crippen LogP) is 1.35. The van der Waals surface area contributed by atoms with E-state index in [-0.39, 0.29) is 36.0 Å². The molecule has 4 rings (SSSR count). The molecule has 0 aromatic heterocycles. The Hall–Kier alpha value is -2.10.